The molecule has 1 aliphatic rings. The van der Waals surface area contributed by atoms with Crippen LogP contribution in [-0.2, 0) is 0 Å². The number of fused-ring (bicyclic) bond motifs is 2. The van der Waals surface area contributed by atoms with Crippen LogP contribution >= 0.6 is 23.4 Å². The lowest BCUT2D eigenvalue weighted by Crippen LogP contribution is -2.10. The second-order valence-electron chi connectivity index (χ2n) is 5.10. The standard InChI is InChI=1S/C15H16ClN3S/c1-8-6-12-15(13(16)14(8)17)18-10-5-4-9(19(2)3)7-11(10)20-12/h4-7,18H,17H2,1-3H3. The van der Waals surface area contributed by atoms with Crippen LogP contribution in [0.2, 0.25) is 5.02 Å². The van der Waals surface area contributed by atoms with Crippen molar-refractivity contribution >= 4 is 46.1 Å². The Bertz CT molecular complexity index is 698. The number of nitrogens with one attached hydrogen (secondary N) is 1. The molecule has 104 valence electrons. The van der Waals surface area contributed by atoms with Crippen LogP contribution in [0, 0.1) is 6.92 Å². The highest BCUT2D eigenvalue weighted by atomic mass is 35.5. The minimum atomic E-state index is 0.606. The van der Waals surface area contributed by atoms with E-state index < -0.39 is 0 Å². The fourth-order valence-corrected chi connectivity index (χ4v) is 3.68. The van der Waals surface area contributed by atoms with Gasteiger partial charge in [-0.2, -0.15) is 0 Å². The molecule has 0 spiro atoms. The summed E-state index contributed by atoms with van der Waals surface area (Å²) in [6.45, 7) is 1.98. The normalized spacial score (nSPS) is 12.4. The quantitative estimate of drug-likeness (QED) is 0.649. The molecule has 3 N–H and O–H groups in total. The van der Waals surface area contributed by atoms with Gasteiger partial charge in [0, 0.05) is 29.6 Å². The Morgan fingerprint density at radius 1 is 1.20 bits per heavy atom. The average molecular weight is 306 g/mol. The van der Waals surface area contributed by atoms with E-state index in [9.17, 15) is 0 Å². The van der Waals surface area contributed by atoms with E-state index in [1.165, 1.54) is 10.6 Å². The van der Waals surface area contributed by atoms with Crippen LogP contribution < -0.4 is 16.0 Å². The van der Waals surface area contributed by atoms with Crippen LogP contribution in [-0.4, -0.2) is 14.1 Å². The van der Waals surface area contributed by atoms with Gasteiger partial charge in [0.15, 0.2) is 0 Å². The smallest absolute Gasteiger partial charge is 0.0884 e. The molecule has 0 aromatic heterocycles. The lowest BCUT2D eigenvalue weighted by molar-refractivity contribution is 1.12. The van der Waals surface area contributed by atoms with Crippen LogP contribution in [0.5, 0.6) is 0 Å². The van der Waals surface area contributed by atoms with Crippen molar-refractivity contribution in [3.8, 4) is 0 Å². The molecule has 2 aromatic carbocycles. The van der Waals surface area contributed by atoms with Crippen molar-refractivity contribution in [2.45, 2.75) is 16.7 Å². The summed E-state index contributed by atoms with van der Waals surface area (Å²) < 4.78 is 0. The number of nitrogens with zero attached hydrogens (tertiary/aromatic N) is 1. The predicted octanol–water partition coefficient (Wildman–Crippen LogP) is 4.50. The van der Waals surface area contributed by atoms with Crippen molar-refractivity contribution in [3.63, 3.8) is 0 Å². The van der Waals surface area contributed by atoms with Crippen LogP contribution in [0.25, 0.3) is 0 Å². The molecule has 0 bridgehead atoms. The third-order valence-corrected chi connectivity index (χ3v) is 4.93. The van der Waals surface area contributed by atoms with Gasteiger partial charge in [0.2, 0.25) is 0 Å². The molecule has 1 aliphatic heterocycles. The Morgan fingerprint density at radius 3 is 2.65 bits per heavy atom. The number of hydrogen-bond acceptors (Lipinski definition) is 4. The Morgan fingerprint density at radius 2 is 1.95 bits per heavy atom. The Labute approximate surface area is 128 Å². The van der Waals surface area contributed by atoms with Gasteiger partial charge < -0.3 is 16.0 Å². The first kappa shape index (κ1) is 13.5. The maximum atomic E-state index is 6.36. The second-order valence-corrected chi connectivity index (χ2v) is 6.56. The van der Waals surface area contributed by atoms with Crippen LogP contribution in [0.15, 0.2) is 34.1 Å². The molecule has 0 aliphatic carbocycles. The van der Waals surface area contributed by atoms with E-state index in [-0.39, 0.29) is 0 Å². The van der Waals surface area contributed by atoms with Crippen LogP contribution in [0.1, 0.15) is 5.56 Å². The molecule has 20 heavy (non-hydrogen) atoms. The summed E-state index contributed by atoms with van der Waals surface area (Å²) in [6, 6.07) is 8.42. The Kier molecular flexibility index (Phi) is 3.22. The molecule has 2 aromatic rings. The topological polar surface area (TPSA) is 41.3 Å². The number of nitrogen functional groups attached to an aromatic ring is 1. The van der Waals surface area contributed by atoms with Gasteiger partial charge in [-0.3, -0.25) is 0 Å². The molecule has 0 radical (unpaired) electrons. The summed E-state index contributed by atoms with van der Waals surface area (Å²) in [5.41, 5.74) is 10.8. The first-order valence-corrected chi connectivity index (χ1v) is 7.51. The summed E-state index contributed by atoms with van der Waals surface area (Å²) in [5, 5.41) is 4.00. The minimum Gasteiger partial charge on any atom is -0.397 e. The number of benzene rings is 2. The van der Waals surface area contributed by atoms with Gasteiger partial charge in [-0.25, -0.2) is 0 Å². The zero-order valence-corrected chi connectivity index (χ0v) is 13.2. The minimum absolute atomic E-state index is 0.606. The van der Waals surface area contributed by atoms with Crippen molar-refractivity contribution in [3.05, 3.63) is 34.9 Å². The van der Waals surface area contributed by atoms with Gasteiger partial charge in [0.25, 0.3) is 0 Å². The summed E-state index contributed by atoms with van der Waals surface area (Å²) in [4.78, 5) is 4.41. The van der Waals surface area contributed by atoms with E-state index in [2.05, 4.69) is 34.5 Å². The molecule has 0 amide bonds. The van der Waals surface area contributed by atoms with E-state index in [1.54, 1.807) is 11.8 Å². The van der Waals surface area contributed by atoms with Crippen molar-refractivity contribution in [2.24, 2.45) is 0 Å². The maximum absolute atomic E-state index is 6.36. The summed E-state index contributed by atoms with van der Waals surface area (Å²) in [7, 11) is 4.08. The third-order valence-electron chi connectivity index (χ3n) is 3.44. The number of aryl methyl sites for hydroxylation is 1. The molecule has 0 unspecified atom stereocenters. The summed E-state index contributed by atoms with van der Waals surface area (Å²) >= 11 is 8.08. The zero-order valence-electron chi connectivity index (χ0n) is 11.6. The number of rotatable bonds is 1. The van der Waals surface area contributed by atoms with Gasteiger partial charge in [-0.1, -0.05) is 23.4 Å². The number of anilines is 4. The van der Waals surface area contributed by atoms with Crippen LogP contribution in [0.3, 0.4) is 0 Å². The zero-order chi connectivity index (χ0) is 14.4. The molecule has 3 nitrogen and oxygen atoms in total. The fourth-order valence-electron chi connectivity index (χ4n) is 2.19. The predicted molar refractivity (Wildman–Crippen MR) is 88.8 cm³/mol. The van der Waals surface area contributed by atoms with E-state index >= 15 is 0 Å². The van der Waals surface area contributed by atoms with Gasteiger partial charge in [-0.05, 0) is 36.8 Å². The number of halogens is 1. The van der Waals surface area contributed by atoms with Crippen LogP contribution in [0.4, 0.5) is 22.7 Å². The monoisotopic (exact) mass is 305 g/mol. The SMILES string of the molecule is Cc1cc2c(c(Cl)c1N)Nc1ccc(N(C)C)cc1S2. The maximum Gasteiger partial charge on any atom is 0.0884 e. The lowest BCUT2D eigenvalue weighted by atomic mass is 10.1. The molecule has 0 fully saturated rings. The fraction of sp³-hybridized carbons (Fsp3) is 0.200. The summed E-state index contributed by atoms with van der Waals surface area (Å²) in [5.74, 6) is 0. The molecule has 0 saturated carbocycles. The van der Waals surface area contributed by atoms with Gasteiger partial charge in [0.05, 0.1) is 22.1 Å². The van der Waals surface area contributed by atoms with Gasteiger partial charge in [-0.15, -0.1) is 0 Å². The third kappa shape index (κ3) is 2.09. The molecular weight excluding hydrogens is 290 g/mol. The highest BCUT2D eigenvalue weighted by Gasteiger charge is 2.21. The highest BCUT2D eigenvalue weighted by Crippen LogP contribution is 2.50. The lowest BCUT2D eigenvalue weighted by Gasteiger charge is -2.25. The molecule has 0 saturated heterocycles. The van der Waals surface area contributed by atoms with Gasteiger partial charge >= 0.3 is 0 Å². The average Bonchev–Trinajstić information content (AvgIpc) is 2.42. The van der Waals surface area contributed by atoms with E-state index in [1.807, 2.05) is 21.0 Å². The van der Waals surface area contributed by atoms with Gasteiger partial charge in [0.1, 0.15) is 0 Å². The van der Waals surface area contributed by atoms with E-state index in [4.69, 9.17) is 17.3 Å². The molecule has 5 heteroatoms. The Balaban J connectivity index is 2.09. The van der Waals surface area contributed by atoms with Crippen molar-refractivity contribution < 1.29 is 0 Å². The van der Waals surface area contributed by atoms with Crippen molar-refractivity contribution in [2.75, 3.05) is 30.0 Å². The number of nitrogens with two attached hydrogens (primary N) is 1. The summed E-state index contributed by atoms with van der Waals surface area (Å²) in [6.07, 6.45) is 0. The first-order valence-electron chi connectivity index (χ1n) is 6.32. The highest BCUT2D eigenvalue weighted by molar-refractivity contribution is 7.99. The van der Waals surface area contributed by atoms with Crippen molar-refractivity contribution in [1.82, 2.24) is 0 Å². The number of hydrogen-bond donors (Lipinski definition) is 2. The largest absolute Gasteiger partial charge is 0.397 e. The molecule has 3 rings (SSSR count). The molecule has 1 heterocycles. The van der Waals surface area contributed by atoms with Crippen molar-refractivity contribution in [1.29, 1.82) is 0 Å². The molecule has 0 atom stereocenters. The molecular formula is C15H16ClN3S. The Hall–Kier alpha value is -1.52. The second kappa shape index (κ2) is 4.79. The first-order chi connectivity index (χ1) is 9.47. The van der Waals surface area contributed by atoms with E-state index in [0.29, 0.717) is 10.7 Å². The van der Waals surface area contributed by atoms with E-state index in [0.717, 1.165) is 21.8 Å².